The molecule has 0 fully saturated rings. The lowest BCUT2D eigenvalue weighted by Gasteiger charge is -2.23. The second-order valence-electron chi connectivity index (χ2n) is 3.86. The van der Waals surface area contributed by atoms with E-state index in [1.54, 1.807) is 0 Å². The first kappa shape index (κ1) is 16.6. The van der Waals surface area contributed by atoms with Crippen LogP contribution in [-0.2, 0) is 4.74 Å². The number of nitrogens with zero attached hydrogens (tertiary/aromatic N) is 1. The maximum atomic E-state index is 11.8. The van der Waals surface area contributed by atoms with Gasteiger partial charge in [0.25, 0.3) is 0 Å². The Morgan fingerprint density at radius 1 is 1.47 bits per heavy atom. The molecule has 0 radical (unpaired) electrons. The number of hydrogen-bond acceptors (Lipinski definition) is 3. The van der Waals surface area contributed by atoms with Crippen LogP contribution >= 0.6 is 12.2 Å². The van der Waals surface area contributed by atoms with Crippen LogP contribution in [0.1, 0.15) is 13.8 Å². The summed E-state index contributed by atoms with van der Waals surface area (Å²) in [4.78, 5) is 2.37. The highest BCUT2D eigenvalue weighted by atomic mass is 32.1. The molecule has 0 aliphatic heterocycles. The van der Waals surface area contributed by atoms with Crippen LogP contribution in [0, 0.1) is 5.92 Å². The average Bonchev–Trinajstić information content (AvgIpc) is 2.20. The van der Waals surface area contributed by atoms with Gasteiger partial charge in [-0.2, -0.15) is 13.2 Å². The van der Waals surface area contributed by atoms with Gasteiger partial charge in [0, 0.05) is 19.0 Å². The fraction of sp³-hybridized carbons (Fsp3) is 0.900. The van der Waals surface area contributed by atoms with Gasteiger partial charge in [0.15, 0.2) is 0 Å². The van der Waals surface area contributed by atoms with Crippen molar-refractivity contribution in [1.29, 1.82) is 0 Å². The van der Waals surface area contributed by atoms with Crippen molar-refractivity contribution in [2.75, 3.05) is 32.8 Å². The van der Waals surface area contributed by atoms with E-state index in [2.05, 4.69) is 4.74 Å². The summed E-state index contributed by atoms with van der Waals surface area (Å²) in [6.07, 6.45) is -4.26. The Morgan fingerprint density at radius 3 is 2.47 bits per heavy atom. The van der Waals surface area contributed by atoms with Crippen LogP contribution < -0.4 is 5.73 Å². The molecule has 0 aliphatic carbocycles. The molecule has 1 unspecified atom stereocenters. The molecule has 0 amide bonds. The van der Waals surface area contributed by atoms with Gasteiger partial charge < -0.3 is 15.4 Å². The number of alkyl halides is 3. The van der Waals surface area contributed by atoms with Crippen LogP contribution in [0.3, 0.4) is 0 Å². The number of hydrogen-bond donors (Lipinski definition) is 1. The molecule has 1 atom stereocenters. The van der Waals surface area contributed by atoms with E-state index < -0.39 is 12.8 Å². The monoisotopic (exact) mass is 272 g/mol. The average molecular weight is 272 g/mol. The maximum absolute atomic E-state index is 11.8. The van der Waals surface area contributed by atoms with E-state index >= 15 is 0 Å². The van der Waals surface area contributed by atoms with Crippen LogP contribution in [0.15, 0.2) is 0 Å². The van der Waals surface area contributed by atoms with Gasteiger partial charge in [-0.1, -0.05) is 26.1 Å². The third-order valence-electron chi connectivity index (χ3n) is 2.28. The van der Waals surface area contributed by atoms with E-state index in [4.69, 9.17) is 18.0 Å². The number of likely N-dealkylation sites (N-methyl/N-ethyl adjacent to an activating group) is 1. The Morgan fingerprint density at radius 2 is 2.06 bits per heavy atom. The topological polar surface area (TPSA) is 38.5 Å². The molecule has 2 N–H and O–H groups in total. The standard InChI is InChI=1S/C10H19F3N2OS/c1-3-15(6-8(2)9(14)17)4-5-16-7-10(11,12)13/h8H,3-7H2,1-2H3,(H2,14,17). The molecule has 0 rings (SSSR count). The molecule has 0 spiro atoms. The molecular weight excluding hydrogens is 253 g/mol. The van der Waals surface area contributed by atoms with Crippen molar-refractivity contribution in [3.63, 3.8) is 0 Å². The van der Waals surface area contributed by atoms with Crippen LogP contribution in [0.4, 0.5) is 13.2 Å². The van der Waals surface area contributed by atoms with Gasteiger partial charge in [0.1, 0.15) is 6.61 Å². The smallest absolute Gasteiger partial charge is 0.393 e. The van der Waals surface area contributed by atoms with E-state index in [1.165, 1.54) is 0 Å². The first-order valence-corrected chi connectivity index (χ1v) is 5.83. The predicted molar refractivity (Wildman–Crippen MR) is 64.9 cm³/mol. The van der Waals surface area contributed by atoms with E-state index in [1.807, 2.05) is 18.7 Å². The van der Waals surface area contributed by atoms with Crippen molar-refractivity contribution in [3.8, 4) is 0 Å². The summed E-state index contributed by atoms with van der Waals surface area (Å²) in [5, 5.41) is 0. The van der Waals surface area contributed by atoms with Gasteiger partial charge in [-0.3, -0.25) is 0 Å². The SMILES string of the molecule is CCN(CCOCC(F)(F)F)CC(C)C(N)=S. The van der Waals surface area contributed by atoms with Crippen molar-refractivity contribution in [3.05, 3.63) is 0 Å². The summed E-state index contributed by atoms with van der Waals surface area (Å²) < 4.78 is 40.0. The lowest BCUT2D eigenvalue weighted by Crippen LogP contribution is -2.36. The largest absolute Gasteiger partial charge is 0.411 e. The molecule has 0 bridgehead atoms. The molecular formula is C10H19F3N2OS. The molecule has 0 saturated carbocycles. The summed E-state index contributed by atoms with van der Waals surface area (Å²) in [5.41, 5.74) is 5.48. The highest BCUT2D eigenvalue weighted by Gasteiger charge is 2.27. The lowest BCUT2D eigenvalue weighted by atomic mass is 10.1. The highest BCUT2D eigenvalue weighted by molar-refractivity contribution is 7.80. The number of nitrogens with two attached hydrogens (primary N) is 1. The van der Waals surface area contributed by atoms with Crippen LogP contribution in [0.2, 0.25) is 0 Å². The fourth-order valence-corrected chi connectivity index (χ4v) is 1.31. The Bertz CT molecular complexity index is 236. The quantitative estimate of drug-likeness (QED) is 0.540. The number of ether oxygens (including phenoxy) is 1. The number of halogens is 3. The van der Waals surface area contributed by atoms with Crippen LogP contribution in [0.25, 0.3) is 0 Å². The summed E-state index contributed by atoms with van der Waals surface area (Å²) in [5.74, 6) is 0.0487. The van der Waals surface area contributed by atoms with Gasteiger partial charge in [-0.05, 0) is 6.54 Å². The molecule has 0 aromatic carbocycles. The Labute approximate surface area is 105 Å². The normalized spacial score (nSPS) is 14.0. The van der Waals surface area contributed by atoms with Crippen LogP contribution in [-0.4, -0.2) is 48.9 Å². The van der Waals surface area contributed by atoms with Crippen molar-refractivity contribution in [2.24, 2.45) is 11.7 Å². The molecule has 7 heteroatoms. The first-order valence-electron chi connectivity index (χ1n) is 5.42. The van der Waals surface area contributed by atoms with Crippen molar-refractivity contribution in [2.45, 2.75) is 20.0 Å². The third kappa shape index (κ3) is 9.31. The van der Waals surface area contributed by atoms with Crippen molar-refractivity contribution < 1.29 is 17.9 Å². The van der Waals surface area contributed by atoms with E-state index in [9.17, 15) is 13.2 Å². The summed E-state index contributed by atoms with van der Waals surface area (Å²) >= 11 is 4.84. The zero-order chi connectivity index (χ0) is 13.5. The molecule has 102 valence electrons. The number of thiocarbonyl (C=S) groups is 1. The van der Waals surface area contributed by atoms with Gasteiger partial charge >= 0.3 is 6.18 Å². The van der Waals surface area contributed by atoms with E-state index in [0.717, 1.165) is 6.54 Å². The molecule has 0 heterocycles. The van der Waals surface area contributed by atoms with Gasteiger partial charge in [0.05, 0.1) is 11.6 Å². The maximum Gasteiger partial charge on any atom is 0.411 e. The predicted octanol–water partition coefficient (Wildman–Crippen LogP) is 1.81. The molecule has 17 heavy (non-hydrogen) atoms. The Hall–Kier alpha value is -0.400. The molecule has 3 nitrogen and oxygen atoms in total. The minimum Gasteiger partial charge on any atom is -0.393 e. The third-order valence-corrected chi connectivity index (χ3v) is 2.68. The molecule has 0 aromatic rings. The van der Waals surface area contributed by atoms with Gasteiger partial charge in [0.2, 0.25) is 0 Å². The zero-order valence-electron chi connectivity index (χ0n) is 10.1. The fourth-order valence-electron chi connectivity index (χ4n) is 1.24. The van der Waals surface area contributed by atoms with E-state index in [0.29, 0.717) is 18.1 Å². The summed E-state index contributed by atoms with van der Waals surface area (Å²) in [6, 6.07) is 0. The second kappa shape index (κ2) is 7.84. The second-order valence-corrected chi connectivity index (χ2v) is 4.34. The highest BCUT2D eigenvalue weighted by Crippen LogP contribution is 2.14. The summed E-state index contributed by atoms with van der Waals surface area (Å²) in [7, 11) is 0. The van der Waals surface area contributed by atoms with Crippen molar-refractivity contribution >= 4 is 17.2 Å². The van der Waals surface area contributed by atoms with Crippen molar-refractivity contribution in [1.82, 2.24) is 4.90 Å². The first-order chi connectivity index (χ1) is 7.76. The molecule has 0 aliphatic rings. The van der Waals surface area contributed by atoms with Gasteiger partial charge in [-0.25, -0.2) is 0 Å². The lowest BCUT2D eigenvalue weighted by molar-refractivity contribution is -0.174. The Kier molecular flexibility index (Phi) is 7.65. The molecule has 0 saturated heterocycles. The van der Waals surface area contributed by atoms with Crippen LogP contribution in [0.5, 0.6) is 0 Å². The molecule has 0 aromatic heterocycles. The van der Waals surface area contributed by atoms with E-state index in [-0.39, 0.29) is 12.5 Å². The Balaban J connectivity index is 3.79. The zero-order valence-corrected chi connectivity index (χ0v) is 10.9. The minimum atomic E-state index is -4.26. The minimum absolute atomic E-state index is 0.0487. The van der Waals surface area contributed by atoms with Gasteiger partial charge in [-0.15, -0.1) is 0 Å². The summed E-state index contributed by atoms with van der Waals surface area (Å²) in [6.45, 7) is 4.48. The number of rotatable bonds is 8.